The maximum Gasteiger partial charge on any atom is 0.163 e. The molecule has 2 atom stereocenters. The first kappa shape index (κ1) is 18.8. The van der Waals surface area contributed by atoms with Crippen molar-refractivity contribution >= 4 is 21.7 Å². The smallest absolute Gasteiger partial charge is 0.163 e. The fourth-order valence-corrected chi connectivity index (χ4v) is 3.48. The molecular weight excluding hydrogens is 366 g/mol. The van der Waals surface area contributed by atoms with Crippen molar-refractivity contribution < 1.29 is 4.79 Å². The van der Waals surface area contributed by atoms with Crippen molar-refractivity contribution in [3.8, 4) is 0 Å². The highest BCUT2D eigenvalue weighted by molar-refractivity contribution is 9.10. The summed E-state index contributed by atoms with van der Waals surface area (Å²) >= 11 is 3.45. The molecule has 0 aliphatic carbocycles. The maximum absolute atomic E-state index is 13.4. The van der Waals surface area contributed by atoms with Gasteiger partial charge < -0.3 is 0 Å². The summed E-state index contributed by atoms with van der Waals surface area (Å²) in [7, 11) is 0. The largest absolute Gasteiger partial charge is 0.297 e. The molecule has 4 nitrogen and oxygen atoms in total. The Morgan fingerprint density at radius 3 is 2.50 bits per heavy atom. The van der Waals surface area contributed by atoms with Crippen LogP contribution >= 0.6 is 15.9 Å². The Morgan fingerprint density at radius 2 is 1.96 bits per heavy atom. The second kappa shape index (κ2) is 8.06. The fraction of sp³-hybridized carbons (Fsp3) is 0.526. The SMILES string of the molecule is CCCC(C)C(C(=O)C(C)(C)Cc1ccc(Br)cc1)n1cncn1. The van der Waals surface area contributed by atoms with Gasteiger partial charge in [0.15, 0.2) is 5.78 Å². The molecule has 0 fully saturated rings. The zero-order chi connectivity index (χ0) is 17.7. The van der Waals surface area contributed by atoms with E-state index < -0.39 is 5.41 Å². The number of Topliss-reactive ketones (excluding diaryl/α,β-unsaturated/α-hetero) is 1. The van der Waals surface area contributed by atoms with Crippen LogP contribution in [0, 0.1) is 11.3 Å². The summed E-state index contributed by atoms with van der Waals surface area (Å²) in [5.41, 5.74) is 0.698. The maximum atomic E-state index is 13.4. The minimum Gasteiger partial charge on any atom is -0.297 e. The van der Waals surface area contributed by atoms with E-state index in [1.807, 2.05) is 26.0 Å². The molecule has 0 N–H and O–H groups in total. The van der Waals surface area contributed by atoms with E-state index in [1.54, 1.807) is 11.0 Å². The third-order valence-corrected chi connectivity index (χ3v) is 5.03. The van der Waals surface area contributed by atoms with E-state index in [2.05, 4.69) is 52.0 Å². The van der Waals surface area contributed by atoms with Crippen LogP contribution in [0.15, 0.2) is 41.4 Å². The third-order valence-electron chi connectivity index (χ3n) is 4.50. The number of carbonyl (C=O) groups excluding carboxylic acids is 1. The van der Waals surface area contributed by atoms with Crippen molar-refractivity contribution in [1.82, 2.24) is 14.8 Å². The van der Waals surface area contributed by atoms with E-state index in [0.29, 0.717) is 6.42 Å². The van der Waals surface area contributed by atoms with Gasteiger partial charge in [-0.2, -0.15) is 5.10 Å². The van der Waals surface area contributed by atoms with Crippen molar-refractivity contribution in [2.24, 2.45) is 11.3 Å². The molecule has 2 rings (SSSR count). The lowest BCUT2D eigenvalue weighted by molar-refractivity contribution is -0.132. The quantitative estimate of drug-likeness (QED) is 0.645. The highest BCUT2D eigenvalue weighted by Gasteiger charge is 2.37. The molecule has 0 saturated heterocycles. The first-order valence-corrected chi connectivity index (χ1v) is 9.27. The van der Waals surface area contributed by atoms with Crippen molar-refractivity contribution in [2.45, 2.75) is 53.0 Å². The number of ketones is 1. The number of benzene rings is 1. The molecule has 130 valence electrons. The molecule has 2 aromatic rings. The molecule has 24 heavy (non-hydrogen) atoms. The zero-order valence-corrected chi connectivity index (χ0v) is 16.5. The Balaban J connectivity index is 2.24. The molecule has 0 spiro atoms. The van der Waals surface area contributed by atoms with Gasteiger partial charge in [0.05, 0.1) is 0 Å². The number of hydrogen-bond acceptors (Lipinski definition) is 3. The standard InChI is InChI=1S/C19H26BrN3O/c1-5-6-14(2)17(23-13-21-12-22-23)18(24)19(3,4)11-15-7-9-16(20)10-8-15/h7-10,12-14,17H,5-6,11H2,1-4H3. The van der Waals surface area contributed by atoms with E-state index in [-0.39, 0.29) is 17.7 Å². The van der Waals surface area contributed by atoms with Gasteiger partial charge in [-0.3, -0.25) is 4.79 Å². The monoisotopic (exact) mass is 391 g/mol. The van der Waals surface area contributed by atoms with Crippen molar-refractivity contribution in [2.75, 3.05) is 0 Å². The van der Waals surface area contributed by atoms with Crippen LogP contribution in [0.2, 0.25) is 0 Å². The summed E-state index contributed by atoms with van der Waals surface area (Å²) in [5, 5.41) is 4.25. The molecule has 1 aromatic heterocycles. The number of carbonyl (C=O) groups is 1. The number of halogens is 1. The highest BCUT2D eigenvalue weighted by atomic mass is 79.9. The summed E-state index contributed by atoms with van der Waals surface area (Å²) in [6, 6.07) is 7.91. The molecule has 2 unspecified atom stereocenters. The van der Waals surface area contributed by atoms with Crippen molar-refractivity contribution in [3.05, 3.63) is 47.0 Å². The summed E-state index contributed by atoms with van der Waals surface area (Å²) in [5.74, 6) is 0.449. The third kappa shape index (κ3) is 4.53. The van der Waals surface area contributed by atoms with Gasteiger partial charge in [0.25, 0.3) is 0 Å². The predicted octanol–water partition coefficient (Wildman–Crippen LogP) is 4.86. The van der Waals surface area contributed by atoms with Gasteiger partial charge in [-0.1, -0.05) is 62.2 Å². The molecule has 0 radical (unpaired) electrons. The summed E-state index contributed by atoms with van der Waals surface area (Å²) in [6.45, 7) is 8.33. The first-order valence-electron chi connectivity index (χ1n) is 8.48. The van der Waals surface area contributed by atoms with Crippen LogP contribution in [0.1, 0.15) is 52.1 Å². The number of nitrogens with zero attached hydrogens (tertiary/aromatic N) is 3. The molecule has 0 saturated carbocycles. The Kier molecular flexibility index (Phi) is 6.33. The molecule has 5 heteroatoms. The second-order valence-electron chi connectivity index (χ2n) is 7.14. The van der Waals surface area contributed by atoms with Gasteiger partial charge >= 0.3 is 0 Å². The van der Waals surface area contributed by atoms with Crippen molar-refractivity contribution in [1.29, 1.82) is 0 Å². The lowest BCUT2D eigenvalue weighted by Crippen LogP contribution is -2.37. The predicted molar refractivity (Wildman–Crippen MR) is 99.8 cm³/mol. The average Bonchev–Trinajstić information content (AvgIpc) is 3.04. The van der Waals surface area contributed by atoms with E-state index in [1.165, 1.54) is 6.33 Å². The molecule has 0 aliphatic rings. The molecule has 1 aromatic carbocycles. The molecule has 0 aliphatic heterocycles. The van der Waals surface area contributed by atoms with Crippen molar-refractivity contribution in [3.63, 3.8) is 0 Å². The first-order chi connectivity index (χ1) is 11.3. The summed E-state index contributed by atoms with van der Waals surface area (Å²) in [4.78, 5) is 17.4. The van der Waals surface area contributed by atoms with E-state index in [0.717, 1.165) is 22.9 Å². The van der Waals surface area contributed by atoms with E-state index >= 15 is 0 Å². The second-order valence-corrected chi connectivity index (χ2v) is 8.05. The normalized spacial score (nSPS) is 14.4. The summed E-state index contributed by atoms with van der Waals surface area (Å²) in [6.07, 6.45) is 5.91. The zero-order valence-electron chi connectivity index (χ0n) is 14.9. The van der Waals surface area contributed by atoms with Gasteiger partial charge in [-0.05, 0) is 36.5 Å². The highest BCUT2D eigenvalue weighted by Crippen LogP contribution is 2.33. The number of rotatable bonds is 8. The van der Waals surface area contributed by atoms with Crippen LogP contribution in [0.25, 0.3) is 0 Å². The Hall–Kier alpha value is -1.49. The van der Waals surface area contributed by atoms with E-state index in [4.69, 9.17) is 0 Å². The minimum atomic E-state index is -0.466. The topological polar surface area (TPSA) is 47.8 Å². The van der Waals surface area contributed by atoms with Crippen LogP contribution in [0.3, 0.4) is 0 Å². The Morgan fingerprint density at radius 1 is 1.29 bits per heavy atom. The molecule has 1 heterocycles. The molecule has 0 amide bonds. The van der Waals surface area contributed by atoms with Gasteiger partial charge in [0.1, 0.15) is 18.7 Å². The van der Waals surface area contributed by atoms with Crippen LogP contribution in [0.4, 0.5) is 0 Å². The van der Waals surface area contributed by atoms with Crippen LogP contribution < -0.4 is 0 Å². The van der Waals surface area contributed by atoms with Crippen LogP contribution in [-0.2, 0) is 11.2 Å². The average molecular weight is 392 g/mol. The van der Waals surface area contributed by atoms with Crippen LogP contribution in [-0.4, -0.2) is 20.5 Å². The molecule has 0 bridgehead atoms. The van der Waals surface area contributed by atoms with E-state index in [9.17, 15) is 4.79 Å². The molecular formula is C19H26BrN3O. The van der Waals surface area contributed by atoms with Crippen LogP contribution in [0.5, 0.6) is 0 Å². The number of aromatic nitrogens is 3. The van der Waals surface area contributed by atoms with Gasteiger partial charge in [0, 0.05) is 9.89 Å². The lowest BCUT2D eigenvalue weighted by Gasteiger charge is -2.31. The fourth-order valence-electron chi connectivity index (χ4n) is 3.21. The summed E-state index contributed by atoms with van der Waals surface area (Å²) < 4.78 is 2.78. The Bertz CT molecular complexity index is 650. The van der Waals surface area contributed by atoms with Gasteiger partial charge in [0.2, 0.25) is 0 Å². The van der Waals surface area contributed by atoms with Gasteiger partial charge in [-0.15, -0.1) is 0 Å². The lowest BCUT2D eigenvalue weighted by atomic mass is 9.75. The Labute approximate surface area is 152 Å². The minimum absolute atomic E-state index is 0.219. The number of hydrogen-bond donors (Lipinski definition) is 0. The van der Waals surface area contributed by atoms with Gasteiger partial charge in [-0.25, -0.2) is 9.67 Å².